The summed E-state index contributed by atoms with van der Waals surface area (Å²) in [6.07, 6.45) is 0. The topological polar surface area (TPSA) is 24.0 Å². The second-order valence-corrected chi connectivity index (χ2v) is 21.4. The van der Waals surface area contributed by atoms with Gasteiger partial charge in [-0.05, 0) is 136 Å². The molecule has 0 unspecified atom stereocenters. The molecule has 3 aromatic heterocycles. The first-order valence-electron chi connectivity index (χ1n) is 24.2. The maximum atomic E-state index is 16.3. The molecule has 4 nitrogen and oxygen atoms in total. The standard InChI is InChI=1S/C63H51F4N3O/c1-35(2)36-10-24-54-52(27-36)59-56(69(55-25-15-40(64)32-53(55)67)44-18-13-39(14-19-44)63(6,7)8)26-23-48-51-34-50-37(28-57(51)70(54)60(48)59)9-21-49-47-22-20-45(33-58(47)71-61(49)50)68(46-30-41(65)29-42(66)31-46)43-16-11-38(12-17-43)62(3,4)5/h9-35H,1-8H3. The molecule has 0 aliphatic rings. The molecule has 0 aliphatic heterocycles. The van der Waals surface area contributed by atoms with Crippen molar-refractivity contribution in [3.63, 3.8) is 0 Å². The summed E-state index contributed by atoms with van der Waals surface area (Å²) in [6.45, 7) is 17.3. The fraction of sp³-hybridized carbons (Fsp3) is 0.175. The first-order valence-corrected chi connectivity index (χ1v) is 24.2. The van der Waals surface area contributed by atoms with Crippen LogP contribution in [0.2, 0.25) is 0 Å². The zero-order valence-corrected chi connectivity index (χ0v) is 40.9. The second kappa shape index (κ2) is 15.8. The Kier molecular flexibility index (Phi) is 9.90. The minimum absolute atomic E-state index is 0.0819. The van der Waals surface area contributed by atoms with Crippen molar-refractivity contribution in [2.24, 2.45) is 0 Å². The number of anilines is 6. The second-order valence-electron chi connectivity index (χ2n) is 21.4. The van der Waals surface area contributed by atoms with Gasteiger partial charge < -0.3 is 18.6 Å². The smallest absolute Gasteiger partial charge is 0.150 e. The third kappa shape index (κ3) is 7.17. The molecule has 0 fully saturated rings. The SMILES string of the molecule is CC(C)c1ccc2c(c1)c1c(N(c3ccc(C(C)(C)C)cc3)c3ccc(F)cc3F)ccc3c4cc5c(ccc6c7ccc(N(c8ccc(C(C)(C)C)cc8)c8cc(F)cc(F)c8)cc7oc56)cc4n2c31. The Hall–Kier alpha value is -7.84. The van der Waals surface area contributed by atoms with Gasteiger partial charge >= 0.3 is 0 Å². The number of hydrogen-bond donors (Lipinski definition) is 0. The fourth-order valence-electron chi connectivity index (χ4n) is 10.7. The largest absolute Gasteiger partial charge is 0.455 e. The van der Waals surface area contributed by atoms with E-state index in [1.165, 1.54) is 29.8 Å². The maximum Gasteiger partial charge on any atom is 0.150 e. The molecule has 71 heavy (non-hydrogen) atoms. The lowest BCUT2D eigenvalue weighted by atomic mass is 9.87. The van der Waals surface area contributed by atoms with Crippen LogP contribution in [0, 0.1) is 23.3 Å². The molecule has 0 aliphatic carbocycles. The minimum atomic E-state index is -0.669. The Labute approximate surface area is 409 Å². The molecule has 0 saturated carbocycles. The number of fused-ring (bicyclic) bond motifs is 11. The summed E-state index contributed by atoms with van der Waals surface area (Å²) in [4.78, 5) is 3.77. The third-order valence-electron chi connectivity index (χ3n) is 14.4. The van der Waals surface area contributed by atoms with Gasteiger partial charge in [0, 0.05) is 73.0 Å². The van der Waals surface area contributed by atoms with Crippen molar-refractivity contribution in [2.45, 2.75) is 72.1 Å². The monoisotopic (exact) mass is 941 g/mol. The number of nitrogens with zero attached hydrogens (tertiary/aromatic N) is 3. The summed E-state index contributed by atoms with van der Waals surface area (Å²) in [5.74, 6) is -2.38. The average Bonchev–Trinajstić information content (AvgIpc) is 3.98. The van der Waals surface area contributed by atoms with E-state index in [0.717, 1.165) is 106 Å². The summed E-state index contributed by atoms with van der Waals surface area (Å²) >= 11 is 0. The summed E-state index contributed by atoms with van der Waals surface area (Å²) in [5, 5.41) is 7.82. The van der Waals surface area contributed by atoms with E-state index < -0.39 is 23.3 Å². The van der Waals surface area contributed by atoms with E-state index in [4.69, 9.17) is 4.42 Å². The van der Waals surface area contributed by atoms with E-state index in [0.29, 0.717) is 17.0 Å². The first kappa shape index (κ1) is 44.4. The van der Waals surface area contributed by atoms with Crippen LogP contribution in [-0.2, 0) is 10.8 Å². The molecule has 12 rings (SSSR count). The van der Waals surface area contributed by atoms with Gasteiger partial charge in [0.1, 0.15) is 34.4 Å². The highest BCUT2D eigenvalue weighted by molar-refractivity contribution is 6.29. The lowest BCUT2D eigenvalue weighted by Crippen LogP contribution is -2.14. The van der Waals surface area contributed by atoms with Gasteiger partial charge in [-0.2, -0.15) is 0 Å². The zero-order valence-electron chi connectivity index (χ0n) is 40.9. The van der Waals surface area contributed by atoms with Gasteiger partial charge in [0.25, 0.3) is 0 Å². The van der Waals surface area contributed by atoms with E-state index in [2.05, 4.69) is 139 Å². The normalized spacial score (nSPS) is 12.6. The van der Waals surface area contributed by atoms with Crippen LogP contribution in [0.1, 0.15) is 78.0 Å². The molecule has 3 heterocycles. The highest BCUT2D eigenvalue weighted by atomic mass is 19.1. The molecular weight excluding hydrogens is 891 g/mol. The van der Waals surface area contributed by atoms with Crippen molar-refractivity contribution in [3.8, 4) is 0 Å². The highest BCUT2D eigenvalue weighted by Crippen LogP contribution is 2.50. The van der Waals surface area contributed by atoms with Crippen LogP contribution in [0.4, 0.5) is 51.7 Å². The Morgan fingerprint density at radius 1 is 0.451 bits per heavy atom. The molecule has 352 valence electrons. The van der Waals surface area contributed by atoms with Gasteiger partial charge in [0.2, 0.25) is 0 Å². The third-order valence-corrected chi connectivity index (χ3v) is 14.4. The summed E-state index contributed by atoms with van der Waals surface area (Å²) < 4.78 is 69.9. The molecule has 0 amide bonds. The zero-order chi connectivity index (χ0) is 49.4. The summed E-state index contributed by atoms with van der Waals surface area (Å²) in [6, 6.07) is 49.0. The van der Waals surface area contributed by atoms with Crippen molar-refractivity contribution in [1.29, 1.82) is 0 Å². The quantitative estimate of drug-likeness (QED) is 0.149. The molecule has 0 radical (unpaired) electrons. The van der Waals surface area contributed by atoms with E-state index in [9.17, 15) is 13.2 Å². The molecule has 8 heteroatoms. The average molecular weight is 942 g/mol. The van der Waals surface area contributed by atoms with E-state index in [1.54, 1.807) is 0 Å². The van der Waals surface area contributed by atoms with Gasteiger partial charge in [0.15, 0.2) is 0 Å². The molecule has 12 aromatic rings. The van der Waals surface area contributed by atoms with Gasteiger partial charge in [-0.15, -0.1) is 0 Å². The highest BCUT2D eigenvalue weighted by Gasteiger charge is 2.28. The Bertz CT molecular complexity index is 4080. The van der Waals surface area contributed by atoms with E-state index in [-0.39, 0.29) is 22.4 Å². The predicted molar refractivity (Wildman–Crippen MR) is 287 cm³/mol. The maximum absolute atomic E-state index is 16.3. The Morgan fingerprint density at radius 3 is 1.72 bits per heavy atom. The molecule has 0 saturated heterocycles. The van der Waals surface area contributed by atoms with Crippen molar-refractivity contribution < 1.29 is 22.0 Å². The molecule has 0 bridgehead atoms. The van der Waals surface area contributed by atoms with E-state index in [1.807, 2.05) is 52.3 Å². The molecular formula is C63H51F4N3O. The minimum Gasteiger partial charge on any atom is -0.455 e. The first-order chi connectivity index (χ1) is 33.9. The number of hydrogen-bond acceptors (Lipinski definition) is 3. The Balaban J connectivity index is 1.08. The fourth-order valence-corrected chi connectivity index (χ4v) is 10.7. The summed E-state index contributed by atoms with van der Waals surface area (Å²) in [7, 11) is 0. The molecule has 9 aromatic carbocycles. The Morgan fingerprint density at radius 2 is 1.07 bits per heavy atom. The molecule has 0 spiro atoms. The van der Waals surface area contributed by atoms with Crippen LogP contribution in [0.5, 0.6) is 0 Å². The molecule has 0 atom stereocenters. The number of aromatic nitrogens is 1. The lowest BCUT2D eigenvalue weighted by Gasteiger charge is -2.28. The van der Waals surface area contributed by atoms with Gasteiger partial charge in [0.05, 0.1) is 33.6 Å². The molecule has 0 N–H and O–H groups in total. The lowest BCUT2D eigenvalue weighted by molar-refractivity contribution is 0.583. The van der Waals surface area contributed by atoms with Crippen LogP contribution >= 0.6 is 0 Å². The van der Waals surface area contributed by atoms with Crippen molar-refractivity contribution in [2.75, 3.05) is 9.80 Å². The number of furan rings is 1. The van der Waals surface area contributed by atoms with Crippen molar-refractivity contribution in [1.82, 2.24) is 4.40 Å². The summed E-state index contributed by atoms with van der Waals surface area (Å²) in [5.41, 5.74) is 11.2. The predicted octanol–water partition coefficient (Wildman–Crippen LogP) is 19.1. The van der Waals surface area contributed by atoms with Gasteiger partial charge in [-0.3, -0.25) is 0 Å². The number of benzene rings is 9. The number of halogens is 4. The van der Waals surface area contributed by atoms with Gasteiger partial charge in [-0.1, -0.05) is 97.9 Å². The van der Waals surface area contributed by atoms with E-state index >= 15 is 4.39 Å². The van der Waals surface area contributed by atoms with Crippen LogP contribution in [0.3, 0.4) is 0 Å². The van der Waals surface area contributed by atoms with Crippen LogP contribution in [0.15, 0.2) is 162 Å². The van der Waals surface area contributed by atoms with Crippen LogP contribution < -0.4 is 9.80 Å². The number of rotatable bonds is 7. The van der Waals surface area contributed by atoms with Crippen LogP contribution in [0.25, 0.3) is 70.8 Å². The van der Waals surface area contributed by atoms with Crippen molar-refractivity contribution >= 4 is 105 Å². The van der Waals surface area contributed by atoms with Crippen LogP contribution in [-0.4, -0.2) is 4.40 Å². The van der Waals surface area contributed by atoms with Crippen molar-refractivity contribution in [3.05, 3.63) is 198 Å². The van der Waals surface area contributed by atoms with Gasteiger partial charge in [-0.25, -0.2) is 17.6 Å².